The van der Waals surface area contributed by atoms with Crippen molar-refractivity contribution >= 4 is 23.0 Å². The van der Waals surface area contributed by atoms with Gasteiger partial charge >= 0.3 is 0 Å². The first-order valence-corrected chi connectivity index (χ1v) is 9.31. The molecule has 0 spiro atoms. The predicted octanol–water partition coefficient (Wildman–Crippen LogP) is 2.94. The van der Waals surface area contributed by atoms with Gasteiger partial charge in [0.1, 0.15) is 24.3 Å². The van der Waals surface area contributed by atoms with Crippen molar-refractivity contribution in [3.8, 4) is 5.75 Å². The van der Waals surface area contributed by atoms with Crippen LogP contribution in [0.2, 0.25) is 0 Å². The third-order valence-electron chi connectivity index (χ3n) is 4.18. The average Bonchev–Trinajstić information content (AvgIpc) is 3.13. The Morgan fingerprint density at radius 1 is 1.38 bits per heavy atom. The molecule has 7 heteroatoms. The van der Waals surface area contributed by atoms with Crippen LogP contribution in [0.3, 0.4) is 0 Å². The van der Waals surface area contributed by atoms with Crippen molar-refractivity contribution in [2.24, 2.45) is 0 Å². The number of hydrogen-bond donors (Lipinski definition) is 0. The topological polar surface area (TPSA) is 55.8 Å². The van der Waals surface area contributed by atoms with Crippen molar-refractivity contribution in [2.75, 3.05) is 26.3 Å². The Balaban J connectivity index is 1.53. The highest BCUT2D eigenvalue weighted by molar-refractivity contribution is 7.08. The molecule has 0 bridgehead atoms. The molecule has 0 N–H and O–H groups in total. The Morgan fingerprint density at radius 2 is 2.23 bits per heavy atom. The monoisotopic (exact) mass is 377 g/mol. The second kappa shape index (κ2) is 8.42. The van der Waals surface area contributed by atoms with Gasteiger partial charge in [-0.15, -0.1) is 0 Å². The van der Waals surface area contributed by atoms with Gasteiger partial charge in [-0.3, -0.25) is 9.59 Å². The Kier molecular flexibility index (Phi) is 6.00. The van der Waals surface area contributed by atoms with Crippen LogP contribution in [0, 0.1) is 5.82 Å². The van der Waals surface area contributed by atoms with E-state index in [1.807, 2.05) is 16.8 Å². The number of rotatable bonds is 6. The third kappa shape index (κ3) is 4.68. The predicted molar refractivity (Wildman–Crippen MR) is 96.2 cm³/mol. The van der Waals surface area contributed by atoms with Crippen LogP contribution in [0.15, 0.2) is 35.0 Å². The molecule has 1 unspecified atom stereocenters. The van der Waals surface area contributed by atoms with Crippen molar-refractivity contribution in [1.82, 2.24) is 4.90 Å². The van der Waals surface area contributed by atoms with E-state index in [0.717, 1.165) is 5.56 Å². The van der Waals surface area contributed by atoms with E-state index in [2.05, 4.69) is 0 Å². The van der Waals surface area contributed by atoms with Crippen molar-refractivity contribution in [1.29, 1.82) is 0 Å². The van der Waals surface area contributed by atoms with Gasteiger partial charge in [0.2, 0.25) is 5.91 Å². The fourth-order valence-electron chi connectivity index (χ4n) is 2.79. The highest BCUT2D eigenvalue weighted by Crippen LogP contribution is 2.18. The van der Waals surface area contributed by atoms with Crippen LogP contribution in [0.25, 0.3) is 0 Å². The molecule has 138 valence electrons. The number of Topliss-reactive ketones (excluding diaryl/α,β-unsaturated/α-hetero) is 1. The largest absolute Gasteiger partial charge is 0.491 e. The van der Waals surface area contributed by atoms with Crippen LogP contribution >= 0.6 is 11.3 Å². The molecule has 1 amide bonds. The smallest absolute Gasteiger partial charge is 0.227 e. The molecule has 1 saturated heterocycles. The van der Waals surface area contributed by atoms with E-state index in [1.165, 1.54) is 19.1 Å². The summed E-state index contributed by atoms with van der Waals surface area (Å²) in [6, 6.07) is 6.11. The number of nitrogens with zero attached hydrogens (tertiary/aromatic N) is 1. The van der Waals surface area contributed by atoms with Crippen molar-refractivity contribution < 1.29 is 23.5 Å². The van der Waals surface area contributed by atoms with E-state index in [4.69, 9.17) is 9.47 Å². The molecule has 1 fully saturated rings. The van der Waals surface area contributed by atoms with E-state index in [0.29, 0.717) is 31.9 Å². The number of halogens is 1. The second-order valence-corrected chi connectivity index (χ2v) is 6.93. The lowest BCUT2D eigenvalue weighted by molar-refractivity contribution is -0.139. The van der Waals surface area contributed by atoms with Crippen molar-refractivity contribution in [3.63, 3.8) is 0 Å². The molecule has 1 aliphatic heterocycles. The number of hydrogen-bond acceptors (Lipinski definition) is 5. The number of amides is 1. The van der Waals surface area contributed by atoms with Crippen LogP contribution in [0.1, 0.15) is 22.8 Å². The highest BCUT2D eigenvalue weighted by atomic mass is 32.1. The maximum absolute atomic E-state index is 13.8. The third-order valence-corrected chi connectivity index (χ3v) is 4.91. The molecule has 0 radical (unpaired) electrons. The van der Waals surface area contributed by atoms with Crippen LogP contribution in [-0.4, -0.2) is 49.0 Å². The molecule has 1 atom stereocenters. The number of carbonyl (C=O) groups excluding carboxylic acids is 2. The Morgan fingerprint density at radius 3 is 2.92 bits per heavy atom. The van der Waals surface area contributed by atoms with Gasteiger partial charge in [0.15, 0.2) is 5.78 Å². The minimum absolute atomic E-state index is 0.0384. The van der Waals surface area contributed by atoms with Gasteiger partial charge in [0, 0.05) is 12.6 Å². The molecular weight excluding hydrogens is 357 g/mol. The van der Waals surface area contributed by atoms with E-state index in [1.54, 1.807) is 22.3 Å². The lowest BCUT2D eigenvalue weighted by atomic mass is 10.1. The van der Waals surface area contributed by atoms with Gasteiger partial charge in [0.25, 0.3) is 0 Å². The molecule has 1 aromatic carbocycles. The normalized spacial score (nSPS) is 17.2. The molecule has 2 aromatic rings. The van der Waals surface area contributed by atoms with Gasteiger partial charge in [-0.25, -0.2) is 4.39 Å². The quantitative estimate of drug-likeness (QED) is 0.727. The summed E-state index contributed by atoms with van der Waals surface area (Å²) in [7, 11) is 0. The Bertz CT molecular complexity index is 778. The Labute approximate surface area is 155 Å². The highest BCUT2D eigenvalue weighted by Gasteiger charge is 2.25. The average molecular weight is 377 g/mol. The van der Waals surface area contributed by atoms with Gasteiger partial charge in [-0.05, 0) is 41.4 Å². The fourth-order valence-corrected chi connectivity index (χ4v) is 3.46. The molecular formula is C19H20FNO4S. The summed E-state index contributed by atoms with van der Waals surface area (Å²) >= 11 is 1.57. The minimum Gasteiger partial charge on any atom is -0.491 e. The number of carbonyl (C=O) groups is 2. The summed E-state index contributed by atoms with van der Waals surface area (Å²) in [5.74, 6) is -0.539. The molecule has 26 heavy (non-hydrogen) atoms. The SMILES string of the molecule is CC(=O)c1ccc(OCC2CN(C(=O)Cc3ccsc3)CCO2)cc1F. The van der Waals surface area contributed by atoms with Crippen molar-refractivity contribution in [2.45, 2.75) is 19.4 Å². The number of ketones is 1. The lowest BCUT2D eigenvalue weighted by Gasteiger charge is -2.33. The maximum atomic E-state index is 13.8. The molecule has 1 aliphatic rings. The van der Waals surface area contributed by atoms with Gasteiger partial charge in [-0.1, -0.05) is 0 Å². The first-order valence-electron chi connectivity index (χ1n) is 8.36. The van der Waals surface area contributed by atoms with Crippen molar-refractivity contribution in [3.05, 3.63) is 52.0 Å². The van der Waals surface area contributed by atoms with Crippen LogP contribution in [0.4, 0.5) is 4.39 Å². The fraction of sp³-hybridized carbons (Fsp3) is 0.368. The van der Waals surface area contributed by atoms with Crippen LogP contribution in [0.5, 0.6) is 5.75 Å². The number of thiophene rings is 1. The van der Waals surface area contributed by atoms with Gasteiger partial charge < -0.3 is 14.4 Å². The molecule has 0 saturated carbocycles. The first kappa shape index (κ1) is 18.5. The summed E-state index contributed by atoms with van der Waals surface area (Å²) in [6.07, 6.45) is 0.111. The number of benzene rings is 1. The zero-order valence-electron chi connectivity index (χ0n) is 14.4. The number of ether oxygens (including phenoxy) is 2. The van der Waals surface area contributed by atoms with Crippen LogP contribution in [-0.2, 0) is 16.0 Å². The summed E-state index contributed by atoms with van der Waals surface area (Å²) < 4.78 is 25.1. The summed E-state index contributed by atoms with van der Waals surface area (Å²) in [6.45, 7) is 2.97. The molecule has 1 aromatic heterocycles. The lowest BCUT2D eigenvalue weighted by Crippen LogP contribution is -2.48. The van der Waals surface area contributed by atoms with E-state index < -0.39 is 5.82 Å². The maximum Gasteiger partial charge on any atom is 0.227 e. The molecule has 3 rings (SSSR count). The first-order chi connectivity index (χ1) is 12.5. The summed E-state index contributed by atoms with van der Waals surface area (Å²) in [5.41, 5.74) is 1.05. The summed E-state index contributed by atoms with van der Waals surface area (Å²) in [4.78, 5) is 25.4. The molecule has 0 aliphatic carbocycles. The van der Waals surface area contributed by atoms with Crippen LogP contribution < -0.4 is 4.74 Å². The number of morpholine rings is 1. The minimum atomic E-state index is -0.605. The standard InChI is InChI=1S/C19H20FNO4S/c1-13(22)17-3-2-15(9-18(17)20)25-11-16-10-21(5-6-24-16)19(23)8-14-4-7-26-12-14/h2-4,7,9,12,16H,5-6,8,10-11H2,1H3. The Hall–Kier alpha value is -2.25. The zero-order valence-corrected chi connectivity index (χ0v) is 15.3. The summed E-state index contributed by atoms with van der Waals surface area (Å²) in [5, 5.41) is 3.92. The van der Waals surface area contributed by atoms with E-state index >= 15 is 0 Å². The zero-order chi connectivity index (χ0) is 18.5. The van der Waals surface area contributed by atoms with E-state index in [9.17, 15) is 14.0 Å². The van der Waals surface area contributed by atoms with Gasteiger partial charge in [-0.2, -0.15) is 11.3 Å². The van der Waals surface area contributed by atoms with Gasteiger partial charge in [0.05, 0.1) is 25.1 Å². The second-order valence-electron chi connectivity index (χ2n) is 6.15. The molecule has 2 heterocycles. The van der Waals surface area contributed by atoms with E-state index in [-0.39, 0.29) is 30.0 Å². The molecule has 5 nitrogen and oxygen atoms in total.